The van der Waals surface area contributed by atoms with Gasteiger partial charge in [-0.05, 0) is 31.4 Å². The van der Waals surface area contributed by atoms with E-state index in [4.69, 9.17) is 4.42 Å². The van der Waals surface area contributed by atoms with Crippen LogP contribution >= 0.6 is 11.8 Å². The molecule has 0 amide bonds. The van der Waals surface area contributed by atoms with Gasteiger partial charge in [-0.3, -0.25) is 0 Å². The topological polar surface area (TPSA) is 25.2 Å². The Kier molecular flexibility index (Phi) is 5.80. The second-order valence-corrected chi connectivity index (χ2v) is 4.30. The Hall–Kier alpha value is -0.410. The average Bonchev–Trinajstić information content (AvgIpc) is 2.67. The lowest BCUT2D eigenvalue weighted by atomic mass is 10.2. The van der Waals surface area contributed by atoms with Crippen molar-refractivity contribution in [3.05, 3.63) is 24.2 Å². The van der Waals surface area contributed by atoms with Crippen LogP contribution < -0.4 is 5.32 Å². The Morgan fingerprint density at radius 3 is 3.00 bits per heavy atom. The van der Waals surface area contributed by atoms with Crippen LogP contribution in [0.5, 0.6) is 0 Å². The third-order valence-corrected chi connectivity index (χ3v) is 2.81. The minimum absolute atomic E-state index is 0.538. The van der Waals surface area contributed by atoms with Crippen molar-refractivity contribution in [1.82, 2.24) is 5.32 Å². The molecule has 80 valence electrons. The number of nitrogens with one attached hydrogen (secondary N) is 1. The Morgan fingerprint density at radius 1 is 1.57 bits per heavy atom. The quantitative estimate of drug-likeness (QED) is 0.753. The third kappa shape index (κ3) is 4.20. The monoisotopic (exact) mass is 213 g/mol. The lowest BCUT2D eigenvalue weighted by molar-refractivity contribution is 0.460. The molecule has 0 spiro atoms. The molecule has 0 bridgehead atoms. The summed E-state index contributed by atoms with van der Waals surface area (Å²) in [6, 6.07) is 4.53. The van der Waals surface area contributed by atoms with Crippen LogP contribution in [-0.2, 0) is 6.42 Å². The molecular formula is C11H19NOS. The van der Waals surface area contributed by atoms with Gasteiger partial charge in [-0.25, -0.2) is 0 Å². The van der Waals surface area contributed by atoms with Gasteiger partial charge in [-0.15, -0.1) is 0 Å². The average molecular weight is 213 g/mol. The Morgan fingerprint density at radius 2 is 2.43 bits per heavy atom. The second kappa shape index (κ2) is 6.96. The highest BCUT2D eigenvalue weighted by Gasteiger charge is 2.09. The Labute approximate surface area is 90.5 Å². The van der Waals surface area contributed by atoms with Crippen molar-refractivity contribution >= 4 is 11.8 Å². The molecule has 1 atom stereocenters. The van der Waals surface area contributed by atoms with Crippen molar-refractivity contribution in [1.29, 1.82) is 0 Å². The van der Waals surface area contributed by atoms with Gasteiger partial charge in [0, 0.05) is 18.2 Å². The molecule has 0 saturated heterocycles. The maximum Gasteiger partial charge on any atom is 0.105 e. The molecule has 3 heteroatoms. The maximum absolute atomic E-state index is 5.34. The number of thioether (sulfide) groups is 1. The van der Waals surface area contributed by atoms with Gasteiger partial charge < -0.3 is 9.73 Å². The van der Waals surface area contributed by atoms with Crippen molar-refractivity contribution in [2.24, 2.45) is 0 Å². The van der Waals surface area contributed by atoms with Crippen LogP contribution in [0.15, 0.2) is 22.8 Å². The number of hydrogen-bond acceptors (Lipinski definition) is 3. The molecule has 0 fully saturated rings. The van der Waals surface area contributed by atoms with E-state index in [0.29, 0.717) is 6.04 Å². The fourth-order valence-electron chi connectivity index (χ4n) is 1.41. The van der Waals surface area contributed by atoms with Crippen molar-refractivity contribution < 1.29 is 4.42 Å². The van der Waals surface area contributed by atoms with Crippen LogP contribution in [0.3, 0.4) is 0 Å². The number of rotatable bonds is 7. The van der Waals surface area contributed by atoms with Gasteiger partial charge in [0.1, 0.15) is 5.76 Å². The van der Waals surface area contributed by atoms with Gasteiger partial charge >= 0.3 is 0 Å². The summed E-state index contributed by atoms with van der Waals surface area (Å²) < 4.78 is 5.34. The van der Waals surface area contributed by atoms with E-state index < -0.39 is 0 Å². The van der Waals surface area contributed by atoms with Crippen LogP contribution in [0.25, 0.3) is 0 Å². The molecule has 1 aromatic rings. The molecule has 1 aromatic heterocycles. The molecular weight excluding hydrogens is 194 g/mol. The van der Waals surface area contributed by atoms with Gasteiger partial charge in [0.15, 0.2) is 0 Å². The SMILES string of the molecule is CCCNC(CSC)Cc1ccco1. The van der Waals surface area contributed by atoms with Crippen molar-refractivity contribution in [2.75, 3.05) is 18.6 Å². The van der Waals surface area contributed by atoms with E-state index in [-0.39, 0.29) is 0 Å². The van der Waals surface area contributed by atoms with Crippen molar-refractivity contribution in [2.45, 2.75) is 25.8 Å². The van der Waals surface area contributed by atoms with E-state index in [9.17, 15) is 0 Å². The van der Waals surface area contributed by atoms with E-state index in [1.165, 1.54) is 6.42 Å². The smallest absolute Gasteiger partial charge is 0.105 e. The highest BCUT2D eigenvalue weighted by atomic mass is 32.2. The Bertz CT molecular complexity index is 223. The minimum Gasteiger partial charge on any atom is -0.469 e. The van der Waals surface area contributed by atoms with E-state index in [1.54, 1.807) is 6.26 Å². The van der Waals surface area contributed by atoms with Crippen LogP contribution in [0.2, 0.25) is 0 Å². The predicted octanol–water partition coefficient (Wildman–Crippen LogP) is 2.55. The zero-order valence-corrected chi connectivity index (χ0v) is 9.77. The summed E-state index contributed by atoms with van der Waals surface area (Å²) in [6.45, 7) is 3.28. The standard InChI is InChI=1S/C11H19NOS/c1-3-6-12-10(9-14-2)8-11-5-4-7-13-11/h4-5,7,10,12H,3,6,8-9H2,1-2H3. The van der Waals surface area contributed by atoms with Crippen LogP contribution in [0.4, 0.5) is 0 Å². The summed E-state index contributed by atoms with van der Waals surface area (Å²) in [7, 11) is 0. The van der Waals surface area contributed by atoms with Gasteiger partial charge in [-0.2, -0.15) is 11.8 Å². The molecule has 1 unspecified atom stereocenters. The fraction of sp³-hybridized carbons (Fsp3) is 0.636. The molecule has 0 radical (unpaired) electrons. The summed E-state index contributed by atoms with van der Waals surface area (Å²) in [5.74, 6) is 2.22. The first-order chi connectivity index (χ1) is 6.86. The lowest BCUT2D eigenvalue weighted by Crippen LogP contribution is -2.33. The molecule has 0 aliphatic heterocycles. The molecule has 0 aromatic carbocycles. The first-order valence-electron chi connectivity index (χ1n) is 5.11. The second-order valence-electron chi connectivity index (χ2n) is 3.39. The summed E-state index contributed by atoms with van der Waals surface area (Å²) in [4.78, 5) is 0. The van der Waals surface area contributed by atoms with E-state index in [0.717, 1.165) is 24.5 Å². The van der Waals surface area contributed by atoms with Crippen LogP contribution in [-0.4, -0.2) is 24.6 Å². The van der Waals surface area contributed by atoms with Crippen LogP contribution in [0.1, 0.15) is 19.1 Å². The summed E-state index contributed by atoms with van der Waals surface area (Å²) in [5.41, 5.74) is 0. The number of furan rings is 1. The number of hydrogen-bond donors (Lipinski definition) is 1. The van der Waals surface area contributed by atoms with Gasteiger partial charge in [-0.1, -0.05) is 6.92 Å². The van der Waals surface area contributed by atoms with Gasteiger partial charge in [0.25, 0.3) is 0 Å². The Balaban J connectivity index is 2.34. The zero-order valence-electron chi connectivity index (χ0n) is 8.95. The van der Waals surface area contributed by atoms with E-state index in [1.807, 2.05) is 23.9 Å². The summed E-state index contributed by atoms with van der Waals surface area (Å²) in [5, 5.41) is 3.53. The largest absolute Gasteiger partial charge is 0.469 e. The lowest BCUT2D eigenvalue weighted by Gasteiger charge is -2.15. The van der Waals surface area contributed by atoms with Gasteiger partial charge in [0.2, 0.25) is 0 Å². The third-order valence-electron chi connectivity index (χ3n) is 2.08. The molecule has 14 heavy (non-hydrogen) atoms. The summed E-state index contributed by atoms with van der Waals surface area (Å²) in [6.07, 6.45) is 6.06. The van der Waals surface area contributed by atoms with Gasteiger partial charge in [0.05, 0.1) is 6.26 Å². The van der Waals surface area contributed by atoms with Crippen molar-refractivity contribution in [3.8, 4) is 0 Å². The van der Waals surface area contributed by atoms with Crippen LogP contribution in [0, 0.1) is 0 Å². The first kappa shape index (κ1) is 11.7. The highest BCUT2D eigenvalue weighted by Crippen LogP contribution is 2.07. The molecule has 0 saturated carbocycles. The maximum atomic E-state index is 5.34. The molecule has 0 aliphatic rings. The van der Waals surface area contributed by atoms with E-state index >= 15 is 0 Å². The fourth-order valence-corrected chi connectivity index (χ4v) is 2.05. The molecule has 1 N–H and O–H groups in total. The highest BCUT2D eigenvalue weighted by molar-refractivity contribution is 7.98. The normalized spacial score (nSPS) is 13.0. The van der Waals surface area contributed by atoms with Crippen molar-refractivity contribution in [3.63, 3.8) is 0 Å². The first-order valence-corrected chi connectivity index (χ1v) is 6.51. The van der Waals surface area contributed by atoms with E-state index in [2.05, 4.69) is 18.5 Å². The molecule has 2 nitrogen and oxygen atoms in total. The molecule has 1 rings (SSSR count). The molecule has 1 heterocycles. The zero-order chi connectivity index (χ0) is 10.2. The molecule has 0 aliphatic carbocycles. The minimum atomic E-state index is 0.538. The summed E-state index contributed by atoms with van der Waals surface area (Å²) >= 11 is 1.88. The predicted molar refractivity (Wildman–Crippen MR) is 62.9 cm³/mol.